The highest BCUT2D eigenvalue weighted by Crippen LogP contribution is 2.46. The second-order valence-electron chi connectivity index (χ2n) is 8.80. The van der Waals surface area contributed by atoms with Gasteiger partial charge in [0, 0.05) is 6.54 Å². The van der Waals surface area contributed by atoms with Crippen LogP contribution in [0.25, 0.3) is 11.0 Å². The van der Waals surface area contributed by atoms with Gasteiger partial charge in [-0.3, -0.25) is 9.59 Å². The normalized spacial score (nSPS) is 15.6. The number of nitrogens with zero attached hydrogens (tertiary/aromatic N) is 1. The van der Waals surface area contributed by atoms with Gasteiger partial charge in [-0.15, -0.1) is 0 Å². The summed E-state index contributed by atoms with van der Waals surface area (Å²) in [6.45, 7) is 0.230. The minimum absolute atomic E-state index is 0.0407. The smallest absolute Gasteiger partial charge is 0.291 e. The Balaban J connectivity index is 1.56. The fourth-order valence-electron chi connectivity index (χ4n) is 5.00. The third kappa shape index (κ3) is 3.60. The van der Waals surface area contributed by atoms with E-state index in [2.05, 4.69) is 0 Å². The molecular weight excluding hydrogens is 497 g/mol. The monoisotopic (exact) mass is 519 g/mol. The van der Waals surface area contributed by atoms with Crippen molar-refractivity contribution >= 4 is 16.9 Å². The first-order valence-electron chi connectivity index (χ1n) is 11.7. The van der Waals surface area contributed by atoms with E-state index < -0.39 is 23.2 Å². The number of hydrogen-bond acceptors (Lipinski definition) is 8. The molecule has 2 aliphatic rings. The molecule has 3 heterocycles. The molecule has 0 unspecified atom stereocenters. The molecule has 3 aromatic carbocycles. The number of hydrogen-bond donors (Lipinski definition) is 0. The quantitative estimate of drug-likeness (QED) is 0.369. The Kier molecular flexibility index (Phi) is 5.59. The van der Waals surface area contributed by atoms with Crippen molar-refractivity contribution in [3.05, 3.63) is 87.0 Å². The van der Waals surface area contributed by atoms with Crippen LogP contribution in [-0.4, -0.2) is 38.9 Å². The number of benzene rings is 3. The molecule has 38 heavy (non-hydrogen) atoms. The van der Waals surface area contributed by atoms with E-state index in [9.17, 15) is 14.0 Å². The topological polar surface area (TPSA) is 96.7 Å². The predicted molar refractivity (Wildman–Crippen MR) is 133 cm³/mol. The molecule has 194 valence electrons. The molecule has 0 radical (unpaired) electrons. The first kappa shape index (κ1) is 23.7. The van der Waals surface area contributed by atoms with Gasteiger partial charge < -0.3 is 33.0 Å². The Morgan fingerprint density at radius 2 is 1.66 bits per heavy atom. The lowest BCUT2D eigenvalue weighted by Gasteiger charge is -2.26. The summed E-state index contributed by atoms with van der Waals surface area (Å²) in [5.74, 6) is 1.05. The molecule has 6 rings (SSSR count). The molecule has 2 aliphatic heterocycles. The summed E-state index contributed by atoms with van der Waals surface area (Å²) < 4.78 is 47.4. The molecule has 1 aromatic heterocycles. The van der Waals surface area contributed by atoms with Crippen LogP contribution in [0.1, 0.15) is 33.3 Å². The number of halogens is 1. The van der Waals surface area contributed by atoms with E-state index in [0.717, 1.165) is 11.6 Å². The number of fused-ring (bicyclic) bond motifs is 3. The van der Waals surface area contributed by atoms with Crippen LogP contribution in [0.5, 0.6) is 28.7 Å². The highest BCUT2D eigenvalue weighted by molar-refractivity contribution is 5.99. The molecule has 0 bridgehead atoms. The van der Waals surface area contributed by atoms with E-state index in [0.29, 0.717) is 34.3 Å². The van der Waals surface area contributed by atoms with Crippen molar-refractivity contribution in [2.24, 2.45) is 0 Å². The summed E-state index contributed by atoms with van der Waals surface area (Å²) in [6, 6.07) is 11.5. The molecule has 0 aliphatic carbocycles. The second kappa shape index (κ2) is 8.98. The molecule has 0 saturated heterocycles. The average molecular weight is 519 g/mol. The Morgan fingerprint density at radius 3 is 2.37 bits per heavy atom. The molecule has 10 heteroatoms. The lowest BCUT2D eigenvalue weighted by molar-refractivity contribution is 0.0713. The number of rotatable bonds is 6. The van der Waals surface area contributed by atoms with Crippen molar-refractivity contribution in [3.8, 4) is 28.7 Å². The second-order valence-corrected chi connectivity index (χ2v) is 8.80. The van der Waals surface area contributed by atoms with Crippen LogP contribution in [-0.2, 0) is 6.54 Å². The van der Waals surface area contributed by atoms with Crippen LogP contribution >= 0.6 is 0 Å². The zero-order valence-electron chi connectivity index (χ0n) is 20.7. The third-order valence-corrected chi connectivity index (χ3v) is 6.72. The fraction of sp³-hybridized carbons (Fsp3) is 0.214. The number of methoxy groups -OCH3 is 3. The van der Waals surface area contributed by atoms with Crippen LogP contribution < -0.4 is 29.1 Å². The average Bonchev–Trinajstić information content (AvgIpc) is 3.51. The molecule has 1 amide bonds. The Labute approximate surface area is 215 Å². The van der Waals surface area contributed by atoms with E-state index in [-0.39, 0.29) is 35.6 Å². The van der Waals surface area contributed by atoms with E-state index in [1.807, 2.05) is 6.07 Å². The molecule has 9 nitrogen and oxygen atoms in total. The van der Waals surface area contributed by atoms with E-state index >= 15 is 0 Å². The third-order valence-electron chi connectivity index (χ3n) is 6.72. The zero-order valence-corrected chi connectivity index (χ0v) is 20.7. The van der Waals surface area contributed by atoms with Crippen molar-refractivity contribution in [2.75, 3.05) is 28.1 Å². The van der Waals surface area contributed by atoms with E-state index in [1.165, 1.54) is 38.4 Å². The Hall–Kier alpha value is -4.73. The molecule has 0 fully saturated rings. The standard InChI is InChI=1S/C28H22FNO8/c1-33-21-9-15(10-22(34-2)26(21)35-3)24-23-25(31)17-11-16(29)5-7-18(17)38-27(23)28(32)30(24)12-14-4-6-19-20(8-14)37-13-36-19/h4-11,24H,12-13H2,1-3H3/t24-/m1/s1. The highest BCUT2D eigenvalue weighted by Gasteiger charge is 2.43. The van der Waals surface area contributed by atoms with E-state index in [4.69, 9.17) is 28.1 Å². The number of carbonyl (C=O) groups excluding carboxylic acids is 1. The van der Waals surface area contributed by atoms with Crippen LogP contribution in [0.15, 0.2) is 57.7 Å². The Bertz CT molecular complexity index is 1640. The van der Waals surface area contributed by atoms with Gasteiger partial charge in [0.2, 0.25) is 18.3 Å². The van der Waals surface area contributed by atoms with Crippen molar-refractivity contribution in [1.29, 1.82) is 0 Å². The van der Waals surface area contributed by atoms with Crippen molar-refractivity contribution in [3.63, 3.8) is 0 Å². The molecular formula is C28H22FNO8. The first-order valence-corrected chi connectivity index (χ1v) is 11.7. The minimum atomic E-state index is -0.888. The largest absolute Gasteiger partial charge is 0.493 e. The Morgan fingerprint density at radius 1 is 0.921 bits per heavy atom. The summed E-state index contributed by atoms with van der Waals surface area (Å²) in [7, 11) is 4.43. The lowest BCUT2D eigenvalue weighted by atomic mass is 9.97. The molecule has 1 atom stereocenters. The van der Waals surface area contributed by atoms with E-state index in [1.54, 1.807) is 24.3 Å². The first-order chi connectivity index (χ1) is 18.4. The van der Waals surface area contributed by atoms with Crippen LogP contribution in [0, 0.1) is 5.82 Å². The van der Waals surface area contributed by atoms with Gasteiger partial charge >= 0.3 is 0 Å². The van der Waals surface area contributed by atoms with Crippen molar-refractivity contribution < 1.29 is 37.3 Å². The van der Waals surface area contributed by atoms with Gasteiger partial charge in [0.15, 0.2) is 28.4 Å². The summed E-state index contributed by atoms with van der Waals surface area (Å²) in [5, 5.41) is 0.0407. The zero-order chi connectivity index (χ0) is 26.6. The minimum Gasteiger partial charge on any atom is -0.493 e. The lowest BCUT2D eigenvalue weighted by Crippen LogP contribution is -2.29. The predicted octanol–water partition coefficient (Wildman–Crippen LogP) is 4.43. The van der Waals surface area contributed by atoms with Crippen LogP contribution in [0.2, 0.25) is 0 Å². The van der Waals surface area contributed by atoms with Crippen molar-refractivity contribution in [1.82, 2.24) is 4.90 Å². The number of carbonyl (C=O) groups is 1. The van der Waals surface area contributed by atoms with Crippen LogP contribution in [0.4, 0.5) is 4.39 Å². The molecule has 4 aromatic rings. The SMILES string of the molecule is COc1cc([C@@H]2c3c(oc4ccc(F)cc4c3=O)C(=O)N2Cc2ccc3c(c2)OCO3)cc(OC)c1OC. The molecule has 0 saturated carbocycles. The summed E-state index contributed by atoms with van der Waals surface area (Å²) in [6.07, 6.45) is 0. The maximum absolute atomic E-state index is 14.1. The summed E-state index contributed by atoms with van der Waals surface area (Å²) >= 11 is 0. The van der Waals surface area contributed by atoms with Gasteiger partial charge in [-0.05, 0) is 53.6 Å². The van der Waals surface area contributed by atoms with Crippen molar-refractivity contribution in [2.45, 2.75) is 12.6 Å². The maximum atomic E-state index is 14.1. The highest BCUT2D eigenvalue weighted by atomic mass is 19.1. The van der Waals surface area contributed by atoms with Crippen LogP contribution in [0.3, 0.4) is 0 Å². The number of amides is 1. The summed E-state index contributed by atoms with van der Waals surface area (Å²) in [4.78, 5) is 29.1. The van der Waals surface area contributed by atoms with Gasteiger partial charge in [0.1, 0.15) is 11.4 Å². The summed E-state index contributed by atoms with van der Waals surface area (Å²) in [5.41, 5.74) is 0.993. The van der Waals surface area contributed by atoms with Gasteiger partial charge in [-0.1, -0.05) is 6.07 Å². The maximum Gasteiger partial charge on any atom is 0.291 e. The van der Waals surface area contributed by atoms with Gasteiger partial charge in [0.05, 0.1) is 38.3 Å². The molecule has 0 spiro atoms. The van der Waals surface area contributed by atoms with Gasteiger partial charge in [-0.2, -0.15) is 0 Å². The van der Waals surface area contributed by atoms with Gasteiger partial charge in [-0.25, -0.2) is 4.39 Å². The molecule has 0 N–H and O–H groups in total. The fourth-order valence-corrected chi connectivity index (χ4v) is 5.00. The van der Waals surface area contributed by atoms with Gasteiger partial charge in [0.25, 0.3) is 5.91 Å². The number of ether oxygens (including phenoxy) is 5.